The molecular weight excluding hydrogens is 212 g/mol. The van der Waals surface area contributed by atoms with E-state index < -0.39 is 5.97 Å². The number of thiophene rings is 1. The lowest BCUT2D eigenvalue weighted by atomic mass is 10.2. The zero-order chi connectivity index (χ0) is 10.8. The summed E-state index contributed by atoms with van der Waals surface area (Å²) in [4.78, 5) is 15.4. The van der Waals surface area contributed by atoms with E-state index in [4.69, 9.17) is 10.5 Å². The lowest BCUT2D eigenvalue weighted by Crippen LogP contribution is -2.08. The van der Waals surface area contributed by atoms with Crippen molar-refractivity contribution in [3.8, 4) is 0 Å². The molecule has 0 aliphatic carbocycles. The molecule has 4 nitrogen and oxygen atoms in total. The number of carbonyl (C=O) groups is 1. The highest BCUT2D eigenvalue weighted by atomic mass is 32.1. The lowest BCUT2D eigenvalue weighted by Gasteiger charge is -2.02. The molecule has 0 atom stereocenters. The normalized spacial score (nSPS) is 10.5. The third-order valence-corrected chi connectivity index (χ3v) is 2.90. The molecule has 2 aromatic rings. The first kappa shape index (κ1) is 9.92. The van der Waals surface area contributed by atoms with Gasteiger partial charge in [0.15, 0.2) is 5.69 Å². The molecule has 0 bridgehead atoms. The van der Waals surface area contributed by atoms with Gasteiger partial charge in [-0.25, -0.2) is 9.78 Å². The average molecular weight is 222 g/mol. The van der Waals surface area contributed by atoms with Gasteiger partial charge in [-0.2, -0.15) is 0 Å². The van der Waals surface area contributed by atoms with Gasteiger partial charge in [0.2, 0.25) is 0 Å². The molecule has 0 spiro atoms. The Morgan fingerprint density at radius 3 is 3.20 bits per heavy atom. The Hall–Kier alpha value is -1.62. The maximum absolute atomic E-state index is 11.4. The molecule has 0 radical (unpaired) electrons. The van der Waals surface area contributed by atoms with E-state index in [0.29, 0.717) is 12.4 Å². The highest BCUT2D eigenvalue weighted by Crippen LogP contribution is 2.26. The van der Waals surface area contributed by atoms with Crippen LogP contribution in [0.2, 0.25) is 0 Å². The first-order chi connectivity index (χ1) is 7.22. The summed E-state index contributed by atoms with van der Waals surface area (Å²) >= 11 is 1.51. The topological polar surface area (TPSA) is 65.2 Å². The maximum atomic E-state index is 11.4. The Bertz CT molecular complexity index is 507. The van der Waals surface area contributed by atoms with Gasteiger partial charge >= 0.3 is 5.97 Å². The van der Waals surface area contributed by atoms with Crippen molar-refractivity contribution in [2.24, 2.45) is 0 Å². The van der Waals surface area contributed by atoms with Crippen LogP contribution in [0.3, 0.4) is 0 Å². The Balaban J connectivity index is 2.49. The van der Waals surface area contributed by atoms with E-state index in [2.05, 4.69) is 4.98 Å². The number of aromatic nitrogens is 1. The van der Waals surface area contributed by atoms with Crippen LogP contribution in [0.15, 0.2) is 17.5 Å². The quantitative estimate of drug-likeness (QED) is 0.790. The van der Waals surface area contributed by atoms with Crippen LogP contribution in [0, 0.1) is 0 Å². The van der Waals surface area contributed by atoms with E-state index >= 15 is 0 Å². The first-order valence-corrected chi connectivity index (χ1v) is 5.41. The minimum atomic E-state index is -0.433. The van der Waals surface area contributed by atoms with Crippen molar-refractivity contribution in [1.82, 2.24) is 4.98 Å². The molecule has 0 aromatic carbocycles. The van der Waals surface area contributed by atoms with Gasteiger partial charge in [0.25, 0.3) is 0 Å². The van der Waals surface area contributed by atoms with E-state index in [-0.39, 0.29) is 5.69 Å². The van der Waals surface area contributed by atoms with Crippen molar-refractivity contribution in [3.63, 3.8) is 0 Å². The van der Waals surface area contributed by atoms with E-state index in [9.17, 15) is 4.79 Å². The second-order valence-electron chi connectivity index (χ2n) is 2.95. The van der Waals surface area contributed by atoms with Gasteiger partial charge < -0.3 is 10.5 Å². The van der Waals surface area contributed by atoms with Crippen molar-refractivity contribution in [1.29, 1.82) is 0 Å². The van der Waals surface area contributed by atoms with Gasteiger partial charge in [0.1, 0.15) is 5.82 Å². The summed E-state index contributed by atoms with van der Waals surface area (Å²) in [6.07, 6.45) is 0. The van der Waals surface area contributed by atoms with E-state index in [0.717, 1.165) is 10.1 Å². The van der Waals surface area contributed by atoms with Crippen LogP contribution in [-0.2, 0) is 4.74 Å². The number of ether oxygens (including phenoxy) is 1. The SMILES string of the molecule is CCOC(=O)c1cc2ccsc2c(N)n1. The van der Waals surface area contributed by atoms with Crippen LogP contribution in [0.1, 0.15) is 17.4 Å². The minimum absolute atomic E-state index is 0.264. The molecule has 78 valence electrons. The standard InChI is InChI=1S/C10H10N2O2S/c1-2-14-10(13)7-5-6-3-4-15-8(6)9(11)12-7/h3-5H,2H2,1H3,(H2,11,12). The average Bonchev–Trinajstić information content (AvgIpc) is 2.66. The number of anilines is 1. The predicted molar refractivity (Wildman–Crippen MR) is 60.0 cm³/mol. The third kappa shape index (κ3) is 1.78. The molecule has 0 aliphatic rings. The highest BCUT2D eigenvalue weighted by molar-refractivity contribution is 7.17. The van der Waals surface area contributed by atoms with Gasteiger partial charge in [-0.1, -0.05) is 0 Å². The zero-order valence-corrected chi connectivity index (χ0v) is 9.00. The summed E-state index contributed by atoms with van der Waals surface area (Å²) in [6.45, 7) is 2.09. The van der Waals surface area contributed by atoms with Gasteiger partial charge in [-0.05, 0) is 29.8 Å². The number of hydrogen-bond donors (Lipinski definition) is 1. The summed E-state index contributed by atoms with van der Waals surface area (Å²) in [7, 11) is 0. The number of pyridine rings is 1. The summed E-state index contributed by atoms with van der Waals surface area (Å²) in [5.41, 5.74) is 5.99. The van der Waals surface area contributed by atoms with Crippen molar-refractivity contribution in [2.75, 3.05) is 12.3 Å². The van der Waals surface area contributed by atoms with Crippen molar-refractivity contribution in [3.05, 3.63) is 23.2 Å². The number of nitrogens with two attached hydrogens (primary N) is 1. The number of esters is 1. The zero-order valence-electron chi connectivity index (χ0n) is 8.19. The highest BCUT2D eigenvalue weighted by Gasteiger charge is 2.11. The third-order valence-electron chi connectivity index (χ3n) is 1.95. The molecule has 2 N–H and O–H groups in total. The number of rotatable bonds is 2. The number of hydrogen-bond acceptors (Lipinski definition) is 5. The fraction of sp³-hybridized carbons (Fsp3) is 0.200. The smallest absolute Gasteiger partial charge is 0.357 e. The van der Waals surface area contributed by atoms with E-state index in [1.807, 2.05) is 11.4 Å². The molecule has 0 amide bonds. The molecule has 2 aromatic heterocycles. The van der Waals surface area contributed by atoms with Crippen molar-refractivity contribution in [2.45, 2.75) is 6.92 Å². The van der Waals surface area contributed by atoms with Gasteiger partial charge in [-0.3, -0.25) is 0 Å². The molecule has 0 unspecified atom stereocenters. The largest absolute Gasteiger partial charge is 0.461 e. The molecule has 5 heteroatoms. The summed E-state index contributed by atoms with van der Waals surface area (Å²) in [6, 6.07) is 3.60. The summed E-state index contributed by atoms with van der Waals surface area (Å²) in [5.74, 6) is -0.0529. The number of nitrogen functional groups attached to an aromatic ring is 1. The van der Waals surface area contributed by atoms with Gasteiger partial charge in [-0.15, -0.1) is 11.3 Å². The molecule has 0 saturated carbocycles. The second-order valence-corrected chi connectivity index (χ2v) is 3.87. The van der Waals surface area contributed by atoms with Crippen molar-refractivity contribution >= 4 is 33.2 Å². The van der Waals surface area contributed by atoms with Gasteiger partial charge in [0.05, 0.1) is 11.3 Å². The first-order valence-electron chi connectivity index (χ1n) is 4.53. The van der Waals surface area contributed by atoms with Crippen LogP contribution in [-0.4, -0.2) is 17.6 Å². The fourth-order valence-corrected chi connectivity index (χ4v) is 2.09. The van der Waals surface area contributed by atoms with E-state index in [1.165, 1.54) is 11.3 Å². The molecule has 0 aliphatic heterocycles. The number of nitrogens with zero attached hydrogens (tertiary/aromatic N) is 1. The maximum Gasteiger partial charge on any atom is 0.357 e. The van der Waals surface area contributed by atoms with Crippen LogP contribution in [0.25, 0.3) is 10.1 Å². The molecule has 0 fully saturated rings. The Kier molecular flexibility index (Phi) is 2.55. The Morgan fingerprint density at radius 1 is 1.67 bits per heavy atom. The summed E-state index contributed by atoms with van der Waals surface area (Å²) < 4.78 is 5.76. The van der Waals surface area contributed by atoms with Crippen LogP contribution in [0.5, 0.6) is 0 Å². The molecule has 0 saturated heterocycles. The molecular formula is C10H10N2O2S. The minimum Gasteiger partial charge on any atom is -0.461 e. The lowest BCUT2D eigenvalue weighted by molar-refractivity contribution is 0.0520. The fourth-order valence-electron chi connectivity index (χ4n) is 1.31. The predicted octanol–water partition coefficient (Wildman–Crippen LogP) is 2.06. The molecule has 2 heterocycles. The molecule has 15 heavy (non-hydrogen) atoms. The second kappa shape index (κ2) is 3.86. The summed E-state index contributed by atoms with van der Waals surface area (Å²) in [5, 5.41) is 2.84. The molecule has 2 rings (SSSR count). The Labute approximate surface area is 90.7 Å². The van der Waals surface area contributed by atoms with Gasteiger partial charge in [0, 0.05) is 0 Å². The number of carbonyl (C=O) groups excluding carboxylic acids is 1. The van der Waals surface area contributed by atoms with Crippen LogP contribution in [0.4, 0.5) is 5.82 Å². The number of fused-ring (bicyclic) bond motifs is 1. The van der Waals surface area contributed by atoms with Crippen molar-refractivity contribution < 1.29 is 9.53 Å². The monoisotopic (exact) mass is 222 g/mol. The van der Waals surface area contributed by atoms with Crippen LogP contribution >= 0.6 is 11.3 Å². The van der Waals surface area contributed by atoms with Crippen LogP contribution < -0.4 is 5.73 Å². The van der Waals surface area contributed by atoms with E-state index in [1.54, 1.807) is 13.0 Å². The Morgan fingerprint density at radius 2 is 2.47 bits per heavy atom.